The summed E-state index contributed by atoms with van der Waals surface area (Å²) in [5.74, 6) is -2.29. The minimum atomic E-state index is -1.64. The van der Waals surface area contributed by atoms with E-state index in [1.54, 1.807) is 0 Å². The highest BCUT2D eigenvalue weighted by atomic mass is 16.3. The number of hydrogen-bond donors (Lipinski definition) is 4. The molecule has 0 radical (unpaired) electrons. The number of hydrogen-bond acceptors (Lipinski definition) is 6. The summed E-state index contributed by atoms with van der Waals surface area (Å²) in [7, 11) is 0. The average molecular weight is 344 g/mol. The molecule has 25 heavy (non-hydrogen) atoms. The third kappa shape index (κ3) is 2.08. The van der Waals surface area contributed by atoms with Gasteiger partial charge in [-0.05, 0) is 24.8 Å². The highest BCUT2D eigenvalue weighted by molar-refractivity contribution is 6.28. The molecule has 1 aromatic rings. The Balaban J connectivity index is 1.93. The summed E-state index contributed by atoms with van der Waals surface area (Å²) in [5, 5.41) is 42.2. The molecular weight excluding hydrogens is 324 g/mol. The molecule has 3 aliphatic rings. The molecule has 0 bridgehead atoms. The van der Waals surface area contributed by atoms with Crippen LogP contribution in [0.15, 0.2) is 29.3 Å². The summed E-state index contributed by atoms with van der Waals surface area (Å²) >= 11 is 0. The van der Waals surface area contributed by atoms with Gasteiger partial charge in [0.25, 0.3) is 0 Å². The Bertz CT molecular complexity index is 825. The lowest BCUT2D eigenvalue weighted by Crippen LogP contribution is -2.61. The summed E-state index contributed by atoms with van der Waals surface area (Å²) in [6.45, 7) is 1.87. The Morgan fingerprint density at radius 3 is 2.60 bits per heavy atom. The van der Waals surface area contributed by atoms with Crippen LogP contribution in [0.25, 0.3) is 0 Å². The van der Waals surface area contributed by atoms with E-state index in [9.17, 15) is 30.0 Å². The van der Waals surface area contributed by atoms with Crippen molar-refractivity contribution >= 4 is 11.6 Å². The van der Waals surface area contributed by atoms with Crippen LogP contribution in [0.2, 0.25) is 0 Å². The fourth-order valence-electron chi connectivity index (χ4n) is 4.86. The summed E-state index contributed by atoms with van der Waals surface area (Å²) in [4.78, 5) is 25.9. The van der Waals surface area contributed by atoms with Gasteiger partial charge in [-0.3, -0.25) is 9.59 Å². The second kappa shape index (κ2) is 5.24. The molecule has 6 nitrogen and oxygen atoms in total. The number of Topliss-reactive ketones (excluding diaryl/α,β-unsaturated/α-hetero) is 2. The first kappa shape index (κ1) is 16.4. The SMILES string of the molecule is CC1CC(O)C2C3=C(CC(O)C2(O)C1)C(=O)c1c(O)cccc1C3=O. The van der Waals surface area contributed by atoms with Crippen molar-refractivity contribution in [2.24, 2.45) is 11.8 Å². The van der Waals surface area contributed by atoms with Gasteiger partial charge < -0.3 is 20.4 Å². The molecule has 5 atom stereocenters. The van der Waals surface area contributed by atoms with Gasteiger partial charge in [-0.25, -0.2) is 0 Å². The van der Waals surface area contributed by atoms with Crippen LogP contribution in [0.5, 0.6) is 5.75 Å². The van der Waals surface area contributed by atoms with Crippen LogP contribution in [0.1, 0.15) is 46.9 Å². The van der Waals surface area contributed by atoms with Gasteiger partial charge in [0.1, 0.15) is 11.4 Å². The topological polar surface area (TPSA) is 115 Å². The largest absolute Gasteiger partial charge is 0.507 e. The zero-order valence-electron chi connectivity index (χ0n) is 13.8. The van der Waals surface area contributed by atoms with Crippen LogP contribution in [0, 0.1) is 11.8 Å². The number of phenolic OH excluding ortho intramolecular Hbond substituents is 1. The molecule has 0 aliphatic heterocycles. The van der Waals surface area contributed by atoms with Crippen LogP contribution >= 0.6 is 0 Å². The summed E-state index contributed by atoms with van der Waals surface area (Å²) in [6.07, 6.45) is -1.81. The van der Waals surface area contributed by atoms with Crippen molar-refractivity contribution < 1.29 is 30.0 Å². The van der Waals surface area contributed by atoms with Gasteiger partial charge >= 0.3 is 0 Å². The van der Waals surface area contributed by atoms with E-state index >= 15 is 0 Å². The molecule has 132 valence electrons. The lowest BCUT2D eigenvalue weighted by molar-refractivity contribution is -0.168. The van der Waals surface area contributed by atoms with E-state index in [1.807, 2.05) is 6.92 Å². The van der Waals surface area contributed by atoms with Crippen LogP contribution < -0.4 is 0 Å². The molecule has 1 aromatic carbocycles. The van der Waals surface area contributed by atoms with Gasteiger partial charge in [0.15, 0.2) is 11.6 Å². The van der Waals surface area contributed by atoms with Crippen LogP contribution in [0.3, 0.4) is 0 Å². The van der Waals surface area contributed by atoms with Gasteiger partial charge in [-0.15, -0.1) is 0 Å². The van der Waals surface area contributed by atoms with E-state index in [0.717, 1.165) is 0 Å². The molecule has 0 aromatic heterocycles. The first-order chi connectivity index (χ1) is 11.8. The third-order valence-corrected chi connectivity index (χ3v) is 5.89. The Hall–Kier alpha value is -2.02. The number of aliphatic hydroxyl groups is 3. The fraction of sp³-hybridized carbons (Fsp3) is 0.474. The lowest BCUT2D eigenvalue weighted by Gasteiger charge is -2.52. The van der Waals surface area contributed by atoms with Crippen molar-refractivity contribution in [3.63, 3.8) is 0 Å². The number of phenols is 1. The Morgan fingerprint density at radius 2 is 1.88 bits per heavy atom. The minimum absolute atomic E-state index is 0.0150. The molecule has 0 heterocycles. The smallest absolute Gasteiger partial charge is 0.194 e. The Kier molecular flexibility index (Phi) is 3.45. The fourth-order valence-corrected chi connectivity index (χ4v) is 4.86. The molecule has 4 N–H and O–H groups in total. The number of benzene rings is 1. The van der Waals surface area contributed by atoms with Crippen molar-refractivity contribution in [1.29, 1.82) is 0 Å². The summed E-state index contributed by atoms with van der Waals surface area (Å²) in [6, 6.07) is 4.28. The van der Waals surface area contributed by atoms with Crippen LogP contribution in [-0.4, -0.2) is 49.8 Å². The minimum Gasteiger partial charge on any atom is -0.507 e. The second-order valence-electron chi connectivity index (χ2n) is 7.55. The van der Waals surface area contributed by atoms with Crippen molar-refractivity contribution in [3.8, 4) is 5.75 Å². The summed E-state index contributed by atoms with van der Waals surface area (Å²) in [5.41, 5.74) is -1.44. The Morgan fingerprint density at radius 1 is 1.16 bits per heavy atom. The lowest BCUT2D eigenvalue weighted by atomic mass is 9.57. The maximum atomic E-state index is 13.1. The predicted molar refractivity (Wildman–Crippen MR) is 87.3 cm³/mol. The van der Waals surface area contributed by atoms with E-state index in [-0.39, 0.29) is 46.8 Å². The van der Waals surface area contributed by atoms with Crippen molar-refractivity contribution in [3.05, 3.63) is 40.5 Å². The van der Waals surface area contributed by atoms with Gasteiger partial charge in [-0.1, -0.05) is 19.1 Å². The van der Waals surface area contributed by atoms with Crippen LogP contribution in [-0.2, 0) is 0 Å². The van der Waals surface area contributed by atoms with Crippen molar-refractivity contribution in [1.82, 2.24) is 0 Å². The third-order valence-electron chi connectivity index (χ3n) is 5.89. The quantitative estimate of drug-likeness (QED) is 0.557. The van der Waals surface area contributed by atoms with Gasteiger partial charge in [0, 0.05) is 29.0 Å². The van der Waals surface area contributed by atoms with E-state index in [0.29, 0.717) is 6.42 Å². The number of aromatic hydroxyl groups is 1. The molecule has 6 heteroatoms. The average Bonchev–Trinajstić information content (AvgIpc) is 2.53. The summed E-state index contributed by atoms with van der Waals surface area (Å²) < 4.78 is 0. The maximum Gasteiger partial charge on any atom is 0.194 e. The van der Waals surface area contributed by atoms with Crippen LogP contribution in [0.4, 0.5) is 0 Å². The van der Waals surface area contributed by atoms with Crippen molar-refractivity contribution in [2.45, 2.75) is 44.0 Å². The molecular formula is C19H20O6. The first-order valence-electron chi connectivity index (χ1n) is 8.48. The highest BCUT2D eigenvalue weighted by Crippen LogP contribution is 2.51. The molecule has 0 spiro atoms. The molecule has 0 saturated heterocycles. The van der Waals surface area contributed by atoms with Gasteiger partial charge in [0.05, 0.1) is 17.8 Å². The molecule has 1 saturated carbocycles. The van der Waals surface area contributed by atoms with Crippen molar-refractivity contribution in [2.75, 3.05) is 0 Å². The number of fused-ring (bicyclic) bond motifs is 3. The molecule has 5 unspecified atom stereocenters. The van der Waals surface area contributed by atoms with Gasteiger partial charge in [-0.2, -0.15) is 0 Å². The normalized spacial score (nSPS) is 37.4. The van der Waals surface area contributed by atoms with E-state index in [1.165, 1.54) is 18.2 Å². The number of carbonyl (C=O) groups is 2. The molecule has 0 amide bonds. The molecule has 1 fully saturated rings. The Labute approximate surface area is 144 Å². The number of aliphatic hydroxyl groups excluding tert-OH is 2. The monoisotopic (exact) mass is 344 g/mol. The second-order valence-corrected chi connectivity index (χ2v) is 7.55. The van der Waals surface area contributed by atoms with E-state index in [4.69, 9.17) is 0 Å². The van der Waals surface area contributed by atoms with Gasteiger partial charge in [0.2, 0.25) is 0 Å². The zero-order valence-corrected chi connectivity index (χ0v) is 13.8. The van der Waals surface area contributed by atoms with E-state index in [2.05, 4.69) is 0 Å². The molecule has 4 rings (SSSR count). The number of rotatable bonds is 0. The predicted octanol–water partition coefficient (Wildman–Crippen LogP) is 0.970. The maximum absolute atomic E-state index is 13.1. The van der Waals surface area contributed by atoms with E-state index < -0.39 is 35.3 Å². The molecule has 3 aliphatic carbocycles. The standard InChI is InChI=1S/C19H20O6/c1-8-5-12(21)16-15-10(6-13(22)19(16,25)7-8)18(24)14-9(17(15)23)3-2-4-11(14)20/h2-4,8,12-13,16,20-22,25H,5-7H2,1H3. The highest BCUT2D eigenvalue weighted by Gasteiger charge is 2.58. The number of carbonyl (C=O) groups excluding carboxylic acids is 2. The number of ketones is 2. The first-order valence-corrected chi connectivity index (χ1v) is 8.48. The zero-order chi connectivity index (χ0) is 18.1.